The summed E-state index contributed by atoms with van der Waals surface area (Å²) in [6.07, 6.45) is 6.54. The number of rotatable bonds is 2. The van der Waals surface area contributed by atoms with Crippen LogP contribution in [0.3, 0.4) is 0 Å². The molecule has 1 fully saturated rings. The third-order valence-electron chi connectivity index (χ3n) is 3.89. The van der Waals surface area contributed by atoms with Crippen molar-refractivity contribution in [3.05, 3.63) is 21.6 Å². The molecule has 2 heterocycles. The van der Waals surface area contributed by atoms with Gasteiger partial charge in [-0.05, 0) is 25.8 Å². The van der Waals surface area contributed by atoms with Crippen LogP contribution in [0.4, 0.5) is 5.95 Å². The zero-order valence-electron chi connectivity index (χ0n) is 10.6. The van der Waals surface area contributed by atoms with Gasteiger partial charge in [0.15, 0.2) is 0 Å². The van der Waals surface area contributed by atoms with Gasteiger partial charge in [0.25, 0.3) is 5.56 Å². The van der Waals surface area contributed by atoms with Gasteiger partial charge in [-0.25, -0.2) is 4.98 Å². The highest BCUT2D eigenvalue weighted by molar-refractivity contribution is 5.32. The lowest BCUT2D eigenvalue weighted by Gasteiger charge is -2.13. The molecule has 1 aromatic rings. The number of hydrogen-bond donors (Lipinski definition) is 3. The topological polar surface area (TPSA) is 69.8 Å². The fraction of sp³-hybridized carbons (Fsp3) is 0.692. The lowest BCUT2D eigenvalue weighted by molar-refractivity contribution is 0.707. The summed E-state index contributed by atoms with van der Waals surface area (Å²) in [5.41, 5.74) is 1.85. The van der Waals surface area contributed by atoms with Gasteiger partial charge in [-0.3, -0.25) is 9.78 Å². The average Bonchev–Trinajstić information content (AvgIpc) is 2.73. The van der Waals surface area contributed by atoms with E-state index in [1.165, 1.54) is 25.7 Å². The maximum Gasteiger partial charge on any atom is 0.255 e. The number of anilines is 1. The number of nitrogens with one attached hydrogen (secondary N) is 3. The van der Waals surface area contributed by atoms with Gasteiger partial charge in [0.1, 0.15) is 0 Å². The Morgan fingerprint density at radius 1 is 1.17 bits per heavy atom. The van der Waals surface area contributed by atoms with Crippen LogP contribution in [-0.2, 0) is 12.8 Å². The first-order valence-corrected chi connectivity index (χ1v) is 6.92. The molecule has 0 atom stereocenters. The summed E-state index contributed by atoms with van der Waals surface area (Å²) < 4.78 is 0. The van der Waals surface area contributed by atoms with Crippen molar-refractivity contribution in [2.24, 2.45) is 0 Å². The van der Waals surface area contributed by atoms with Crippen molar-refractivity contribution in [3.8, 4) is 0 Å². The highest BCUT2D eigenvalue weighted by Gasteiger charge is 2.18. The van der Waals surface area contributed by atoms with Crippen LogP contribution in [0.25, 0.3) is 0 Å². The van der Waals surface area contributed by atoms with Crippen LogP contribution in [0.15, 0.2) is 4.79 Å². The van der Waals surface area contributed by atoms with E-state index < -0.39 is 0 Å². The third-order valence-corrected chi connectivity index (χ3v) is 3.89. The van der Waals surface area contributed by atoms with E-state index in [0.29, 0.717) is 12.0 Å². The van der Waals surface area contributed by atoms with Gasteiger partial charge in [-0.1, -0.05) is 12.8 Å². The molecule has 0 radical (unpaired) electrons. The standard InChI is InChI=1S/C13H20N4O/c18-12-10-5-7-14-8-6-11(10)16-13(17-12)15-9-3-1-2-4-9/h9,14H,1-8H2,(H2,15,16,17,18). The van der Waals surface area contributed by atoms with Crippen molar-refractivity contribution in [1.82, 2.24) is 15.3 Å². The van der Waals surface area contributed by atoms with Gasteiger partial charge in [0.05, 0.1) is 5.69 Å². The molecule has 1 saturated carbocycles. The lowest BCUT2D eigenvalue weighted by atomic mass is 10.1. The van der Waals surface area contributed by atoms with Crippen LogP contribution in [0, 0.1) is 0 Å². The second-order valence-electron chi connectivity index (χ2n) is 5.22. The smallest absolute Gasteiger partial charge is 0.255 e. The molecule has 0 spiro atoms. The maximum atomic E-state index is 12.0. The minimum Gasteiger partial charge on any atom is -0.353 e. The van der Waals surface area contributed by atoms with E-state index in [4.69, 9.17) is 0 Å². The van der Waals surface area contributed by atoms with Crippen molar-refractivity contribution >= 4 is 5.95 Å². The number of fused-ring (bicyclic) bond motifs is 1. The summed E-state index contributed by atoms with van der Waals surface area (Å²) in [4.78, 5) is 19.5. The normalized spacial score (nSPS) is 20.4. The molecule has 3 rings (SSSR count). The van der Waals surface area contributed by atoms with Gasteiger partial charge < -0.3 is 10.6 Å². The largest absolute Gasteiger partial charge is 0.353 e. The van der Waals surface area contributed by atoms with Crippen LogP contribution in [0.5, 0.6) is 0 Å². The first kappa shape index (κ1) is 11.7. The van der Waals surface area contributed by atoms with Crippen molar-refractivity contribution in [2.45, 2.75) is 44.6 Å². The molecular weight excluding hydrogens is 228 g/mol. The Hall–Kier alpha value is -1.36. The summed E-state index contributed by atoms with van der Waals surface area (Å²) in [5.74, 6) is 0.660. The first-order chi connectivity index (χ1) is 8.83. The Kier molecular flexibility index (Phi) is 3.32. The first-order valence-electron chi connectivity index (χ1n) is 6.92. The Bertz CT molecular complexity index is 476. The molecule has 18 heavy (non-hydrogen) atoms. The van der Waals surface area contributed by atoms with E-state index in [2.05, 4.69) is 20.6 Å². The number of hydrogen-bond acceptors (Lipinski definition) is 4. The van der Waals surface area contributed by atoms with Crippen LogP contribution in [0.2, 0.25) is 0 Å². The number of aromatic amines is 1. The molecule has 0 amide bonds. The Morgan fingerprint density at radius 2 is 1.94 bits per heavy atom. The molecule has 3 N–H and O–H groups in total. The molecular formula is C13H20N4O. The summed E-state index contributed by atoms with van der Waals surface area (Å²) in [6, 6.07) is 0.482. The second-order valence-corrected chi connectivity index (χ2v) is 5.22. The predicted octanol–water partition coefficient (Wildman–Crippen LogP) is 0.813. The van der Waals surface area contributed by atoms with Gasteiger partial charge in [-0.15, -0.1) is 0 Å². The van der Waals surface area contributed by atoms with E-state index >= 15 is 0 Å². The van der Waals surface area contributed by atoms with Gasteiger partial charge >= 0.3 is 0 Å². The zero-order valence-corrected chi connectivity index (χ0v) is 10.6. The molecule has 0 bridgehead atoms. The monoisotopic (exact) mass is 248 g/mol. The van der Waals surface area contributed by atoms with Gasteiger partial charge in [0, 0.05) is 24.6 Å². The highest BCUT2D eigenvalue weighted by atomic mass is 16.1. The predicted molar refractivity (Wildman–Crippen MR) is 71.0 cm³/mol. The summed E-state index contributed by atoms with van der Waals surface area (Å²) in [5, 5.41) is 6.67. The summed E-state index contributed by atoms with van der Waals surface area (Å²) in [7, 11) is 0. The van der Waals surface area contributed by atoms with Crippen LogP contribution < -0.4 is 16.2 Å². The molecule has 5 heteroatoms. The van der Waals surface area contributed by atoms with E-state index in [-0.39, 0.29) is 5.56 Å². The van der Waals surface area contributed by atoms with Crippen LogP contribution >= 0.6 is 0 Å². The van der Waals surface area contributed by atoms with E-state index in [1.807, 2.05) is 0 Å². The Morgan fingerprint density at radius 3 is 2.78 bits per heavy atom. The van der Waals surface area contributed by atoms with Gasteiger partial charge in [-0.2, -0.15) is 0 Å². The zero-order chi connectivity index (χ0) is 12.4. The molecule has 2 aliphatic rings. The molecule has 5 nitrogen and oxygen atoms in total. The molecule has 1 aliphatic carbocycles. The minimum absolute atomic E-state index is 0.0317. The lowest BCUT2D eigenvalue weighted by Crippen LogP contribution is -2.24. The van der Waals surface area contributed by atoms with E-state index in [1.54, 1.807) is 0 Å². The second kappa shape index (κ2) is 5.10. The van der Waals surface area contributed by atoms with Crippen LogP contribution in [0.1, 0.15) is 36.9 Å². The van der Waals surface area contributed by atoms with E-state index in [9.17, 15) is 4.79 Å². The van der Waals surface area contributed by atoms with E-state index in [0.717, 1.165) is 37.2 Å². The third kappa shape index (κ3) is 2.41. The van der Waals surface area contributed by atoms with Crippen molar-refractivity contribution in [2.75, 3.05) is 18.4 Å². The maximum absolute atomic E-state index is 12.0. The molecule has 1 aromatic heterocycles. The van der Waals surface area contributed by atoms with Crippen molar-refractivity contribution in [3.63, 3.8) is 0 Å². The number of H-pyrrole nitrogens is 1. The van der Waals surface area contributed by atoms with Crippen molar-refractivity contribution in [1.29, 1.82) is 0 Å². The molecule has 0 unspecified atom stereocenters. The Balaban J connectivity index is 1.85. The number of nitrogens with zero attached hydrogens (tertiary/aromatic N) is 1. The molecule has 0 aromatic carbocycles. The molecule has 0 saturated heterocycles. The summed E-state index contributed by atoms with van der Waals surface area (Å²) in [6.45, 7) is 1.78. The fourth-order valence-electron chi connectivity index (χ4n) is 2.89. The highest BCUT2D eigenvalue weighted by Crippen LogP contribution is 2.20. The average molecular weight is 248 g/mol. The number of aromatic nitrogens is 2. The molecule has 1 aliphatic heterocycles. The quantitative estimate of drug-likeness (QED) is 0.724. The van der Waals surface area contributed by atoms with Gasteiger partial charge in [0.2, 0.25) is 5.95 Å². The Labute approximate surface area is 106 Å². The SMILES string of the molecule is O=c1[nH]c(NC2CCCC2)nc2c1CCNCC2. The fourth-order valence-corrected chi connectivity index (χ4v) is 2.89. The van der Waals surface area contributed by atoms with Crippen molar-refractivity contribution < 1.29 is 0 Å². The van der Waals surface area contributed by atoms with Crippen LogP contribution in [-0.4, -0.2) is 29.1 Å². The molecule has 98 valence electrons. The minimum atomic E-state index is 0.0317. The summed E-state index contributed by atoms with van der Waals surface area (Å²) >= 11 is 0.